The zero-order chi connectivity index (χ0) is 14.0. The quantitative estimate of drug-likeness (QED) is 0.823. The van der Waals surface area contributed by atoms with E-state index in [9.17, 15) is 12.8 Å². The first-order valence-corrected chi connectivity index (χ1v) is 9.30. The maximum absolute atomic E-state index is 13.8. The molecule has 1 aromatic rings. The smallest absolute Gasteiger partial charge is 0.207 e. The number of rotatable bonds is 3. The Bertz CT molecular complexity index is 565. The van der Waals surface area contributed by atoms with Crippen molar-refractivity contribution < 1.29 is 12.8 Å². The maximum atomic E-state index is 13.8. The van der Waals surface area contributed by atoms with Crippen molar-refractivity contribution in [2.24, 2.45) is 0 Å². The van der Waals surface area contributed by atoms with Crippen LogP contribution in [0, 0.1) is 5.82 Å². The first-order chi connectivity index (χ1) is 8.95. The van der Waals surface area contributed by atoms with Crippen LogP contribution in [0.25, 0.3) is 0 Å². The highest BCUT2D eigenvalue weighted by molar-refractivity contribution is 9.10. The molecular formula is C12H15BrFNO2S2. The van der Waals surface area contributed by atoms with Crippen molar-refractivity contribution in [2.75, 3.05) is 18.8 Å². The summed E-state index contributed by atoms with van der Waals surface area (Å²) >= 11 is 4.91. The Morgan fingerprint density at radius 1 is 1.53 bits per heavy atom. The summed E-state index contributed by atoms with van der Waals surface area (Å²) in [5.74, 6) is 0.0521. The highest BCUT2D eigenvalue weighted by atomic mass is 79.9. The third kappa shape index (κ3) is 3.32. The van der Waals surface area contributed by atoms with Crippen molar-refractivity contribution in [1.82, 2.24) is 4.31 Å². The SMILES string of the molecule is CCC1CN(S(=O)(=O)c2ccc(Br)cc2F)CCS1. The van der Waals surface area contributed by atoms with Crippen LogP contribution in [-0.2, 0) is 10.0 Å². The van der Waals surface area contributed by atoms with Gasteiger partial charge in [-0.2, -0.15) is 16.1 Å². The van der Waals surface area contributed by atoms with Crippen LogP contribution in [-0.4, -0.2) is 36.8 Å². The average molecular weight is 368 g/mol. The van der Waals surface area contributed by atoms with Crippen LogP contribution >= 0.6 is 27.7 Å². The van der Waals surface area contributed by atoms with Gasteiger partial charge in [0.1, 0.15) is 10.7 Å². The minimum absolute atomic E-state index is 0.238. The van der Waals surface area contributed by atoms with Crippen molar-refractivity contribution in [3.63, 3.8) is 0 Å². The molecule has 3 nitrogen and oxygen atoms in total. The van der Waals surface area contributed by atoms with Gasteiger partial charge in [0.15, 0.2) is 0 Å². The fourth-order valence-corrected chi connectivity index (χ4v) is 5.24. The van der Waals surface area contributed by atoms with E-state index >= 15 is 0 Å². The summed E-state index contributed by atoms with van der Waals surface area (Å²) in [6.45, 7) is 2.94. The molecule has 106 valence electrons. The predicted molar refractivity (Wildman–Crippen MR) is 79.4 cm³/mol. The van der Waals surface area contributed by atoms with E-state index in [1.807, 2.05) is 6.92 Å². The molecule has 0 spiro atoms. The van der Waals surface area contributed by atoms with E-state index in [4.69, 9.17) is 0 Å². The molecule has 1 saturated heterocycles. The number of sulfonamides is 1. The van der Waals surface area contributed by atoms with Gasteiger partial charge >= 0.3 is 0 Å². The lowest BCUT2D eigenvalue weighted by molar-refractivity contribution is 0.412. The van der Waals surface area contributed by atoms with Gasteiger partial charge in [0.2, 0.25) is 10.0 Å². The number of halogens is 2. The van der Waals surface area contributed by atoms with Gasteiger partial charge in [0.25, 0.3) is 0 Å². The third-order valence-corrected chi connectivity index (χ3v) is 6.83. The first-order valence-electron chi connectivity index (χ1n) is 6.02. The second-order valence-electron chi connectivity index (χ2n) is 4.34. The van der Waals surface area contributed by atoms with Crippen LogP contribution in [0.5, 0.6) is 0 Å². The monoisotopic (exact) mass is 367 g/mol. The molecule has 1 aliphatic heterocycles. The molecule has 7 heteroatoms. The molecule has 1 aromatic carbocycles. The Morgan fingerprint density at radius 2 is 2.26 bits per heavy atom. The molecular weight excluding hydrogens is 353 g/mol. The Labute approximate surface area is 125 Å². The standard InChI is InChI=1S/C12H15BrFNO2S2/c1-2-10-8-15(5-6-18-10)19(16,17)12-4-3-9(13)7-11(12)14/h3-4,7,10H,2,5-6,8H2,1H3. The summed E-state index contributed by atoms with van der Waals surface area (Å²) in [6.07, 6.45) is 0.916. The Balaban J connectivity index is 2.31. The highest BCUT2D eigenvalue weighted by Gasteiger charge is 2.31. The number of nitrogens with zero attached hydrogens (tertiary/aromatic N) is 1. The van der Waals surface area contributed by atoms with Crippen LogP contribution in [0.1, 0.15) is 13.3 Å². The molecule has 0 bridgehead atoms. The van der Waals surface area contributed by atoms with E-state index < -0.39 is 15.8 Å². The summed E-state index contributed by atoms with van der Waals surface area (Å²) in [5, 5.41) is 0.294. The number of hydrogen-bond donors (Lipinski definition) is 0. The van der Waals surface area contributed by atoms with Crippen molar-refractivity contribution >= 4 is 37.7 Å². The summed E-state index contributed by atoms with van der Waals surface area (Å²) < 4.78 is 40.6. The molecule has 0 amide bonds. The second-order valence-corrected chi connectivity index (χ2v) is 8.57. The summed E-state index contributed by atoms with van der Waals surface area (Å²) in [6, 6.07) is 4.05. The largest absolute Gasteiger partial charge is 0.246 e. The van der Waals surface area contributed by atoms with Gasteiger partial charge in [0, 0.05) is 28.6 Å². The molecule has 1 unspecified atom stereocenters. The van der Waals surface area contributed by atoms with Crippen molar-refractivity contribution in [3.8, 4) is 0 Å². The summed E-state index contributed by atoms with van der Waals surface area (Å²) in [5.41, 5.74) is 0. The zero-order valence-electron chi connectivity index (χ0n) is 10.5. The Kier molecular flexibility index (Phi) is 4.92. The van der Waals surface area contributed by atoms with Crippen LogP contribution < -0.4 is 0 Å². The molecule has 1 fully saturated rings. The van der Waals surface area contributed by atoms with Gasteiger partial charge in [-0.05, 0) is 24.6 Å². The van der Waals surface area contributed by atoms with Gasteiger partial charge < -0.3 is 0 Å². The van der Waals surface area contributed by atoms with Gasteiger partial charge in [-0.15, -0.1) is 0 Å². The topological polar surface area (TPSA) is 37.4 Å². The number of thioether (sulfide) groups is 1. The van der Waals surface area contributed by atoms with Crippen molar-refractivity contribution in [2.45, 2.75) is 23.5 Å². The fraction of sp³-hybridized carbons (Fsp3) is 0.500. The summed E-state index contributed by atoms with van der Waals surface area (Å²) in [7, 11) is -3.73. The van der Waals surface area contributed by atoms with E-state index in [2.05, 4.69) is 15.9 Å². The average Bonchev–Trinajstić information content (AvgIpc) is 2.38. The van der Waals surface area contributed by atoms with Crippen molar-refractivity contribution in [1.29, 1.82) is 0 Å². The molecule has 1 aliphatic rings. The lowest BCUT2D eigenvalue weighted by Crippen LogP contribution is -2.41. The molecule has 0 saturated carbocycles. The first kappa shape index (κ1) is 15.3. The highest BCUT2D eigenvalue weighted by Crippen LogP contribution is 2.28. The van der Waals surface area contributed by atoms with Crippen molar-refractivity contribution in [3.05, 3.63) is 28.5 Å². The van der Waals surface area contributed by atoms with Crippen LogP contribution in [0.2, 0.25) is 0 Å². The zero-order valence-corrected chi connectivity index (χ0v) is 13.7. The lowest BCUT2D eigenvalue weighted by atomic mass is 10.3. The van der Waals surface area contributed by atoms with Crippen LogP contribution in [0.3, 0.4) is 0 Å². The fourth-order valence-electron chi connectivity index (χ4n) is 1.98. The van der Waals surface area contributed by atoms with Gasteiger partial charge in [-0.3, -0.25) is 0 Å². The normalized spacial score (nSPS) is 21.5. The van der Waals surface area contributed by atoms with E-state index in [0.29, 0.717) is 22.8 Å². The molecule has 1 atom stereocenters. The van der Waals surface area contributed by atoms with Gasteiger partial charge in [0.05, 0.1) is 0 Å². The van der Waals surface area contributed by atoms with Gasteiger partial charge in [-0.25, -0.2) is 12.8 Å². The van der Waals surface area contributed by atoms with Gasteiger partial charge in [-0.1, -0.05) is 22.9 Å². The molecule has 1 heterocycles. The van der Waals surface area contributed by atoms with E-state index in [0.717, 1.165) is 12.2 Å². The molecule has 0 N–H and O–H groups in total. The van der Waals surface area contributed by atoms with E-state index in [1.165, 1.54) is 16.4 Å². The van der Waals surface area contributed by atoms with E-state index in [-0.39, 0.29) is 4.90 Å². The summed E-state index contributed by atoms with van der Waals surface area (Å²) in [4.78, 5) is -0.238. The Morgan fingerprint density at radius 3 is 2.89 bits per heavy atom. The molecule has 0 aliphatic carbocycles. The molecule has 19 heavy (non-hydrogen) atoms. The second kappa shape index (κ2) is 6.11. The molecule has 0 radical (unpaired) electrons. The van der Waals surface area contributed by atoms with E-state index in [1.54, 1.807) is 17.8 Å². The molecule has 2 rings (SSSR count). The Hall–Kier alpha value is -0.110. The minimum Gasteiger partial charge on any atom is -0.207 e. The lowest BCUT2D eigenvalue weighted by Gasteiger charge is -2.31. The third-order valence-electron chi connectivity index (χ3n) is 3.07. The van der Waals surface area contributed by atoms with Crippen LogP contribution in [0.15, 0.2) is 27.6 Å². The molecule has 0 aromatic heterocycles. The number of benzene rings is 1. The maximum Gasteiger partial charge on any atom is 0.246 e. The van der Waals surface area contributed by atoms with Crippen LogP contribution in [0.4, 0.5) is 4.39 Å². The predicted octanol–water partition coefficient (Wildman–Crippen LogP) is 3.10. The number of hydrogen-bond acceptors (Lipinski definition) is 3. The minimum atomic E-state index is -3.73.